The van der Waals surface area contributed by atoms with E-state index in [1.165, 1.54) is 18.0 Å². The molecule has 2 heterocycles. The summed E-state index contributed by atoms with van der Waals surface area (Å²) in [7, 11) is 0. The Labute approximate surface area is 111 Å². The van der Waals surface area contributed by atoms with Crippen molar-refractivity contribution < 1.29 is 9.21 Å². The van der Waals surface area contributed by atoms with E-state index >= 15 is 0 Å². The van der Waals surface area contributed by atoms with Crippen LogP contribution in [0.4, 0.5) is 0 Å². The maximum Gasteiger partial charge on any atom is 0.289 e. The lowest BCUT2D eigenvalue weighted by Gasteiger charge is -2.35. The number of amidine groups is 1. The maximum atomic E-state index is 12.0. The van der Waals surface area contributed by atoms with E-state index in [9.17, 15) is 4.79 Å². The number of piperazine rings is 1. The van der Waals surface area contributed by atoms with Crippen molar-refractivity contribution in [2.24, 2.45) is 0 Å². The summed E-state index contributed by atoms with van der Waals surface area (Å²) in [6.45, 7) is 4.77. The molecule has 98 valence electrons. The lowest BCUT2D eigenvalue weighted by Crippen LogP contribution is -2.49. The van der Waals surface area contributed by atoms with E-state index in [0.717, 1.165) is 18.8 Å². The molecule has 0 spiro atoms. The quantitative estimate of drug-likeness (QED) is 0.655. The Bertz CT molecular complexity index is 411. The summed E-state index contributed by atoms with van der Waals surface area (Å²) >= 11 is 1.53. The van der Waals surface area contributed by atoms with Gasteiger partial charge in [-0.2, -0.15) is 0 Å². The van der Waals surface area contributed by atoms with Gasteiger partial charge in [0.05, 0.1) is 6.26 Å². The van der Waals surface area contributed by atoms with Gasteiger partial charge in [-0.05, 0) is 17.9 Å². The Morgan fingerprint density at radius 1 is 1.39 bits per heavy atom. The number of carbonyl (C=O) groups excluding carboxylic acids is 1. The number of amides is 1. The van der Waals surface area contributed by atoms with Gasteiger partial charge in [0.25, 0.3) is 5.91 Å². The van der Waals surface area contributed by atoms with E-state index in [2.05, 4.69) is 0 Å². The summed E-state index contributed by atoms with van der Waals surface area (Å²) < 4.78 is 5.11. The third kappa shape index (κ3) is 2.87. The summed E-state index contributed by atoms with van der Waals surface area (Å²) in [6, 6.07) is 3.40. The standard InChI is InChI=1S/C12H17N3O2S/c1-2-18-12(13)15-7-5-14(6-8-15)11(16)10-4-3-9-17-10/h3-4,9,13H,2,5-8H2,1H3. The molecule has 2 rings (SSSR count). The third-order valence-electron chi connectivity index (χ3n) is 2.87. The first-order valence-electron chi connectivity index (χ1n) is 6.01. The van der Waals surface area contributed by atoms with Crippen LogP contribution in [0.1, 0.15) is 17.5 Å². The summed E-state index contributed by atoms with van der Waals surface area (Å²) in [5.41, 5.74) is 0. The summed E-state index contributed by atoms with van der Waals surface area (Å²) in [5, 5.41) is 8.46. The van der Waals surface area contributed by atoms with Gasteiger partial charge in [0, 0.05) is 26.2 Å². The predicted octanol–water partition coefficient (Wildman–Crippen LogP) is 1.73. The molecule has 6 heteroatoms. The van der Waals surface area contributed by atoms with Crippen LogP contribution in [-0.2, 0) is 0 Å². The number of carbonyl (C=O) groups is 1. The Morgan fingerprint density at radius 3 is 2.61 bits per heavy atom. The number of nitrogens with one attached hydrogen (secondary N) is 1. The average Bonchev–Trinajstić information content (AvgIpc) is 2.92. The number of thioether (sulfide) groups is 1. The molecule has 0 radical (unpaired) electrons. The van der Waals surface area contributed by atoms with E-state index in [4.69, 9.17) is 9.83 Å². The smallest absolute Gasteiger partial charge is 0.289 e. The molecule has 0 atom stereocenters. The second kappa shape index (κ2) is 5.95. The van der Waals surface area contributed by atoms with Gasteiger partial charge >= 0.3 is 0 Å². The summed E-state index contributed by atoms with van der Waals surface area (Å²) in [5.74, 6) is 1.24. The number of furan rings is 1. The second-order valence-corrected chi connectivity index (χ2v) is 5.25. The molecule has 1 aromatic heterocycles. The molecule has 1 aromatic rings. The lowest BCUT2D eigenvalue weighted by atomic mass is 10.3. The van der Waals surface area contributed by atoms with Crippen LogP contribution < -0.4 is 0 Å². The number of nitrogens with zero attached hydrogens (tertiary/aromatic N) is 2. The monoisotopic (exact) mass is 267 g/mol. The van der Waals surface area contributed by atoms with Crippen LogP contribution in [0.5, 0.6) is 0 Å². The highest BCUT2D eigenvalue weighted by Crippen LogP contribution is 2.13. The van der Waals surface area contributed by atoms with Crippen LogP contribution >= 0.6 is 11.8 Å². The summed E-state index contributed by atoms with van der Waals surface area (Å²) in [6.07, 6.45) is 1.51. The number of hydrogen-bond donors (Lipinski definition) is 1. The molecular formula is C12H17N3O2S. The highest BCUT2D eigenvalue weighted by atomic mass is 32.2. The van der Waals surface area contributed by atoms with Gasteiger partial charge in [0.1, 0.15) is 0 Å². The van der Waals surface area contributed by atoms with Gasteiger partial charge in [0.2, 0.25) is 0 Å². The minimum atomic E-state index is -0.0608. The first-order valence-corrected chi connectivity index (χ1v) is 7.00. The van der Waals surface area contributed by atoms with E-state index in [-0.39, 0.29) is 5.91 Å². The maximum absolute atomic E-state index is 12.0. The number of rotatable bonds is 2. The minimum absolute atomic E-state index is 0.0608. The van der Waals surface area contributed by atoms with Gasteiger partial charge in [-0.15, -0.1) is 0 Å². The van der Waals surface area contributed by atoms with Crippen molar-refractivity contribution >= 4 is 22.8 Å². The zero-order valence-electron chi connectivity index (χ0n) is 10.4. The van der Waals surface area contributed by atoms with Crippen LogP contribution in [0.15, 0.2) is 22.8 Å². The predicted molar refractivity (Wildman–Crippen MR) is 72.0 cm³/mol. The molecule has 1 aliphatic rings. The Morgan fingerprint density at radius 2 is 2.06 bits per heavy atom. The van der Waals surface area contributed by atoms with Crippen molar-refractivity contribution in [3.8, 4) is 0 Å². The van der Waals surface area contributed by atoms with E-state index in [1.807, 2.05) is 11.8 Å². The average molecular weight is 267 g/mol. The molecule has 1 N–H and O–H groups in total. The molecule has 1 aliphatic heterocycles. The van der Waals surface area contributed by atoms with Crippen molar-refractivity contribution in [1.29, 1.82) is 5.41 Å². The van der Waals surface area contributed by atoms with Crippen LogP contribution in [0.3, 0.4) is 0 Å². The molecule has 0 aliphatic carbocycles. The fourth-order valence-electron chi connectivity index (χ4n) is 1.90. The molecule has 0 bridgehead atoms. The van der Waals surface area contributed by atoms with Gasteiger partial charge in [0.15, 0.2) is 10.9 Å². The second-order valence-electron chi connectivity index (χ2n) is 3.99. The molecule has 1 amide bonds. The minimum Gasteiger partial charge on any atom is -0.459 e. The van der Waals surface area contributed by atoms with Gasteiger partial charge in [-0.3, -0.25) is 10.2 Å². The van der Waals surface area contributed by atoms with Gasteiger partial charge in [-0.1, -0.05) is 18.7 Å². The molecule has 1 saturated heterocycles. The first kappa shape index (κ1) is 13.0. The molecule has 18 heavy (non-hydrogen) atoms. The van der Waals surface area contributed by atoms with Crippen molar-refractivity contribution in [3.63, 3.8) is 0 Å². The zero-order valence-corrected chi connectivity index (χ0v) is 11.2. The van der Waals surface area contributed by atoms with Crippen LogP contribution in [-0.4, -0.2) is 52.8 Å². The largest absolute Gasteiger partial charge is 0.459 e. The van der Waals surface area contributed by atoms with E-state index < -0.39 is 0 Å². The Kier molecular flexibility index (Phi) is 4.30. The van der Waals surface area contributed by atoms with Gasteiger partial charge < -0.3 is 14.2 Å². The van der Waals surface area contributed by atoms with Crippen molar-refractivity contribution in [2.45, 2.75) is 6.92 Å². The number of hydrogen-bond acceptors (Lipinski definition) is 4. The van der Waals surface area contributed by atoms with E-state index in [1.54, 1.807) is 17.0 Å². The van der Waals surface area contributed by atoms with E-state index in [0.29, 0.717) is 24.0 Å². The Hall–Kier alpha value is -1.43. The summed E-state index contributed by atoms with van der Waals surface area (Å²) in [4.78, 5) is 15.8. The third-order valence-corrected chi connectivity index (χ3v) is 3.69. The molecule has 0 saturated carbocycles. The van der Waals surface area contributed by atoms with Gasteiger partial charge in [-0.25, -0.2) is 0 Å². The highest BCUT2D eigenvalue weighted by Gasteiger charge is 2.24. The SMILES string of the molecule is CCSC(=N)N1CCN(C(=O)c2ccco2)CC1. The van der Waals surface area contributed by atoms with Crippen molar-refractivity contribution in [2.75, 3.05) is 31.9 Å². The van der Waals surface area contributed by atoms with Crippen LogP contribution in [0, 0.1) is 5.41 Å². The molecule has 0 unspecified atom stereocenters. The van der Waals surface area contributed by atoms with Crippen molar-refractivity contribution in [3.05, 3.63) is 24.2 Å². The Balaban J connectivity index is 1.87. The lowest BCUT2D eigenvalue weighted by molar-refractivity contribution is 0.0661. The topological polar surface area (TPSA) is 60.5 Å². The molecule has 1 fully saturated rings. The van der Waals surface area contributed by atoms with Crippen molar-refractivity contribution in [1.82, 2.24) is 9.80 Å². The fourth-order valence-corrected chi connectivity index (χ4v) is 2.54. The molecule has 0 aromatic carbocycles. The van der Waals surface area contributed by atoms with Crippen LogP contribution in [0.25, 0.3) is 0 Å². The highest BCUT2D eigenvalue weighted by molar-refractivity contribution is 8.13. The van der Waals surface area contributed by atoms with Crippen LogP contribution in [0.2, 0.25) is 0 Å². The molecular weight excluding hydrogens is 250 g/mol. The molecule has 5 nitrogen and oxygen atoms in total. The normalized spacial score (nSPS) is 15.8. The zero-order chi connectivity index (χ0) is 13.0. The first-order chi connectivity index (χ1) is 8.72. The fraction of sp³-hybridized carbons (Fsp3) is 0.500.